The maximum Gasteiger partial charge on any atom is 0.276 e. The molecule has 0 N–H and O–H groups in total. The number of para-hydroxylation sites is 1. The van der Waals surface area contributed by atoms with Gasteiger partial charge in [0, 0.05) is 16.4 Å². The third kappa shape index (κ3) is 4.30. The van der Waals surface area contributed by atoms with Gasteiger partial charge < -0.3 is 9.15 Å². The Labute approximate surface area is 147 Å². The van der Waals surface area contributed by atoms with Crippen LogP contribution in [-0.4, -0.2) is 28.8 Å². The SMILES string of the molecule is COc1ccccc1-c1nnc(SCCSc2ccc(F)cc2)o1. The van der Waals surface area contributed by atoms with Gasteiger partial charge in [0.1, 0.15) is 11.6 Å². The lowest BCUT2D eigenvalue weighted by atomic mass is 10.2. The highest BCUT2D eigenvalue weighted by molar-refractivity contribution is 8.02. The summed E-state index contributed by atoms with van der Waals surface area (Å²) >= 11 is 3.16. The molecule has 0 fully saturated rings. The first kappa shape index (κ1) is 16.9. The molecule has 3 rings (SSSR count). The van der Waals surface area contributed by atoms with Crippen LogP contribution in [0.1, 0.15) is 0 Å². The van der Waals surface area contributed by atoms with Crippen molar-refractivity contribution in [2.24, 2.45) is 0 Å². The van der Waals surface area contributed by atoms with E-state index in [0.717, 1.165) is 22.0 Å². The summed E-state index contributed by atoms with van der Waals surface area (Å²) < 4.78 is 23.8. The second-order valence-corrected chi connectivity index (χ2v) is 6.94. The molecule has 0 saturated carbocycles. The number of nitrogens with zero attached hydrogens (tertiary/aromatic N) is 2. The summed E-state index contributed by atoms with van der Waals surface area (Å²) in [5.41, 5.74) is 0.778. The van der Waals surface area contributed by atoms with Crippen molar-refractivity contribution in [2.45, 2.75) is 10.1 Å². The van der Waals surface area contributed by atoms with Crippen LogP contribution in [0.2, 0.25) is 0 Å². The first-order chi connectivity index (χ1) is 11.8. The lowest BCUT2D eigenvalue weighted by Crippen LogP contribution is -1.87. The Balaban J connectivity index is 1.54. The third-order valence-corrected chi connectivity index (χ3v) is 5.23. The summed E-state index contributed by atoms with van der Waals surface area (Å²) in [4.78, 5) is 1.04. The number of rotatable bonds is 7. The van der Waals surface area contributed by atoms with Gasteiger partial charge in [0.25, 0.3) is 11.1 Å². The Morgan fingerprint density at radius 3 is 2.54 bits per heavy atom. The maximum absolute atomic E-state index is 12.8. The van der Waals surface area contributed by atoms with Gasteiger partial charge in [0.15, 0.2) is 0 Å². The molecule has 0 aliphatic rings. The molecule has 124 valence electrons. The summed E-state index contributed by atoms with van der Waals surface area (Å²) in [5, 5.41) is 8.66. The van der Waals surface area contributed by atoms with Crippen molar-refractivity contribution < 1.29 is 13.5 Å². The van der Waals surface area contributed by atoms with E-state index >= 15 is 0 Å². The van der Waals surface area contributed by atoms with Crippen LogP contribution >= 0.6 is 23.5 Å². The number of thioether (sulfide) groups is 2. The number of hydrogen-bond donors (Lipinski definition) is 0. The van der Waals surface area contributed by atoms with E-state index in [2.05, 4.69) is 10.2 Å². The number of halogens is 1. The van der Waals surface area contributed by atoms with Crippen molar-refractivity contribution in [1.82, 2.24) is 10.2 Å². The average Bonchev–Trinajstić information content (AvgIpc) is 3.09. The third-order valence-electron chi connectivity index (χ3n) is 3.14. The van der Waals surface area contributed by atoms with E-state index in [1.54, 1.807) is 31.0 Å². The van der Waals surface area contributed by atoms with Gasteiger partial charge in [-0.15, -0.1) is 22.0 Å². The minimum absolute atomic E-state index is 0.219. The van der Waals surface area contributed by atoms with Gasteiger partial charge in [-0.2, -0.15) is 0 Å². The maximum atomic E-state index is 12.8. The van der Waals surface area contributed by atoms with E-state index in [4.69, 9.17) is 9.15 Å². The zero-order valence-electron chi connectivity index (χ0n) is 12.9. The fourth-order valence-electron chi connectivity index (χ4n) is 2.02. The van der Waals surface area contributed by atoms with Crippen LogP contribution in [0.25, 0.3) is 11.5 Å². The van der Waals surface area contributed by atoms with Crippen LogP contribution in [0.5, 0.6) is 5.75 Å². The summed E-state index contributed by atoms with van der Waals surface area (Å²) in [7, 11) is 1.61. The minimum atomic E-state index is -0.219. The molecule has 1 heterocycles. The molecule has 0 saturated heterocycles. The van der Waals surface area contributed by atoms with E-state index in [0.29, 0.717) is 16.9 Å². The van der Waals surface area contributed by atoms with Gasteiger partial charge in [-0.05, 0) is 36.4 Å². The summed E-state index contributed by atoms with van der Waals surface area (Å²) in [6, 6.07) is 14.0. The fraction of sp³-hybridized carbons (Fsp3) is 0.176. The zero-order chi connectivity index (χ0) is 16.8. The highest BCUT2D eigenvalue weighted by atomic mass is 32.2. The van der Waals surface area contributed by atoms with Crippen molar-refractivity contribution in [3.8, 4) is 17.2 Å². The van der Waals surface area contributed by atoms with Crippen molar-refractivity contribution >= 4 is 23.5 Å². The molecule has 0 bridgehead atoms. The molecule has 0 amide bonds. The van der Waals surface area contributed by atoms with Crippen LogP contribution in [-0.2, 0) is 0 Å². The normalized spacial score (nSPS) is 10.8. The number of hydrogen-bond acceptors (Lipinski definition) is 6. The van der Waals surface area contributed by atoms with Gasteiger partial charge >= 0.3 is 0 Å². The molecule has 0 spiro atoms. The molecule has 4 nitrogen and oxygen atoms in total. The molecule has 0 aliphatic heterocycles. The lowest BCUT2D eigenvalue weighted by molar-refractivity contribution is 0.411. The zero-order valence-corrected chi connectivity index (χ0v) is 14.6. The van der Waals surface area contributed by atoms with Crippen molar-refractivity contribution in [3.05, 3.63) is 54.3 Å². The van der Waals surface area contributed by atoms with Gasteiger partial charge in [0.05, 0.1) is 12.7 Å². The Morgan fingerprint density at radius 1 is 1.00 bits per heavy atom. The highest BCUT2D eigenvalue weighted by Crippen LogP contribution is 2.30. The smallest absolute Gasteiger partial charge is 0.276 e. The monoisotopic (exact) mass is 362 g/mol. The van der Waals surface area contributed by atoms with Crippen LogP contribution < -0.4 is 4.74 Å². The van der Waals surface area contributed by atoms with Gasteiger partial charge in [-0.3, -0.25) is 0 Å². The molecule has 24 heavy (non-hydrogen) atoms. The molecule has 2 aromatic carbocycles. The van der Waals surface area contributed by atoms with Crippen molar-refractivity contribution in [2.75, 3.05) is 18.6 Å². The van der Waals surface area contributed by atoms with E-state index in [-0.39, 0.29) is 5.82 Å². The summed E-state index contributed by atoms with van der Waals surface area (Å²) in [5.74, 6) is 2.60. The number of ether oxygens (including phenoxy) is 1. The van der Waals surface area contributed by atoms with Crippen LogP contribution in [0.3, 0.4) is 0 Å². The lowest BCUT2D eigenvalue weighted by Gasteiger charge is -2.03. The Bertz CT molecular complexity index is 793. The second-order valence-electron chi connectivity index (χ2n) is 4.72. The molecular weight excluding hydrogens is 347 g/mol. The van der Waals surface area contributed by atoms with Crippen LogP contribution in [0.15, 0.2) is 63.1 Å². The van der Waals surface area contributed by atoms with E-state index < -0.39 is 0 Å². The number of aromatic nitrogens is 2. The van der Waals surface area contributed by atoms with Gasteiger partial charge in [-0.25, -0.2) is 4.39 Å². The standard InChI is InChI=1S/C17H15FN2O2S2/c1-21-15-5-3-2-4-14(15)16-19-20-17(22-16)24-11-10-23-13-8-6-12(18)7-9-13/h2-9H,10-11H2,1H3. The van der Waals surface area contributed by atoms with Crippen LogP contribution in [0.4, 0.5) is 4.39 Å². The van der Waals surface area contributed by atoms with Crippen LogP contribution in [0, 0.1) is 5.82 Å². The summed E-state index contributed by atoms with van der Waals surface area (Å²) in [6.45, 7) is 0. The molecule has 0 atom stereocenters. The first-order valence-corrected chi connectivity index (χ1v) is 9.21. The molecule has 7 heteroatoms. The number of benzene rings is 2. The molecule has 0 aliphatic carbocycles. The Kier molecular flexibility index (Phi) is 5.77. The summed E-state index contributed by atoms with van der Waals surface area (Å²) in [6.07, 6.45) is 0. The fourth-order valence-corrected chi connectivity index (χ4v) is 3.66. The second kappa shape index (κ2) is 8.21. The topological polar surface area (TPSA) is 48.2 Å². The molecule has 0 unspecified atom stereocenters. The predicted octanol–water partition coefficient (Wildman–Crippen LogP) is 4.77. The molecular formula is C17H15FN2O2S2. The highest BCUT2D eigenvalue weighted by Gasteiger charge is 2.13. The largest absolute Gasteiger partial charge is 0.496 e. The predicted molar refractivity (Wildman–Crippen MR) is 94.1 cm³/mol. The van der Waals surface area contributed by atoms with E-state index in [9.17, 15) is 4.39 Å². The van der Waals surface area contributed by atoms with E-state index in [1.807, 2.05) is 24.3 Å². The molecule has 1 aromatic heterocycles. The first-order valence-electron chi connectivity index (χ1n) is 7.24. The van der Waals surface area contributed by atoms with Crippen molar-refractivity contribution in [3.63, 3.8) is 0 Å². The van der Waals surface area contributed by atoms with Gasteiger partial charge in [-0.1, -0.05) is 23.9 Å². The van der Waals surface area contributed by atoms with Crippen molar-refractivity contribution in [1.29, 1.82) is 0 Å². The van der Waals surface area contributed by atoms with Gasteiger partial charge in [0.2, 0.25) is 0 Å². The number of methoxy groups -OCH3 is 1. The molecule has 3 aromatic rings. The Hall–Kier alpha value is -1.99. The average molecular weight is 362 g/mol. The quantitative estimate of drug-likeness (QED) is 0.446. The Morgan fingerprint density at radius 2 is 1.75 bits per heavy atom. The molecule has 0 radical (unpaired) electrons. The minimum Gasteiger partial charge on any atom is -0.496 e. The van der Waals surface area contributed by atoms with E-state index in [1.165, 1.54) is 23.9 Å².